The van der Waals surface area contributed by atoms with Crippen LogP contribution >= 0.6 is 0 Å². The molecule has 26 heavy (non-hydrogen) atoms. The zero-order valence-electron chi connectivity index (χ0n) is 14.7. The Morgan fingerprint density at radius 1 is 0.731 bits per heavy atom. The van der Waals surface area contributed by atoms with E-state index in [1.54, 1.807) is 0 Å². The summed E-state index contributed by atoms with van der Waals surface area (Å²) in [6.45, 7) is 0. The number of rotatable bonds is 4. The molecule has 1 heterocycles. The van der Waals surface area contributed by atoms with Gasteiger partial charge in [-0.2, -0.15) is 0 Å². The van der Waals surface area contributed by atoms with Gasteiger partial charge in [0.1, 0.15) is 5.82 Å². The summed E-state index contributed by atoms with van der Waals surface area (Å²) in [5, 5.41) is 4.32. The lowest BCUT2D eigenvalue weighted by atomic mass is 9.99. The van der Waals surface area contributed by atoms with Gasteiger partial charge in [0, 0.05) is 12.4 Å². The number of hydrogen-bond donors (Lipinski definition) is 1. The van der Waals surface area contributed by atoms with Gasteiger partial charge in [-0.25, -0.2) is 4.98 Å². The van der Waals surface area contributed by atoms with Crippen LogP contribution in [0.1, 0.15) is 11.1 Å². The number of aromatic nitrogens is 1. The fraction of sp³-hybridized carbons (Fsp3) is 0.0417. The predicted molar refractivity (Wildman–Crippen MR) is 112 cm³/mol. The van der Waals surface area contributed by atoms with E-state index < -0.39 is 0 Å². The third-order valence-corrected chi connectivity index (χ3v) is 4.44. The molecule has 3 aromatic carbocycles. The zero-order chi connectivity index (χ0) is 17.8. The van der Waals surface area contributed by atoms with E-state index in [9.17, 15) is 0 Å². The Bertz CT molecular complexity index is 1050. The van der Waals surface area contributed by atoms with Gasteiger partial charge in [-0.3, -0.25) is 0 Å². The van der Waals surface area contributed by atoms with Crippen LogP contribution in [0.4, 0.5) is 5.82 Å². The molecule has 2 nitrogen and oxygen atoms in total. The fourth-order valence-electron chi connectivity index (χ4n) is 3.09. The van der Waals surface area contributed by atoms with Crippen molar-refractivity contribution in [3.63, 3.8) is 0 Å². The van der Waals surface area contributed by atoms with Crippen LogP contribution in [0.5, 0.6) is 0 Å². The highest BCUT2D eigenvalue weighted by atomic mass is 15.0. The van der Waals surface area contributed by atoms with Crippen molar-refractivity contribution in [2.75, 3.05) is 12.4 Å². The van der Waals surface area contributed by atoms with Crippen LogP contribution in [-0.2, 0) is 0 Å². The maximum atomic E-state index is 4.70. The quantitative estimate of drug-likeness (QED) is 0.455. The maximum Gasteiger partial charge on any atom is 0.127 e. The molecule has 0 spiro atoms. The highest BCUT2D eigenvalue weighted by Crippen LogP contribution is 2.31. The van der Waals surface area contributed by atoms with Gasteiger partial charge in [0.25, 0.3) is 0 Å². The predicted octanol–water partition coefficient (Wildman–Crippen LogP) is 6.11. The van der Waals surface area contributed by atoms with Gasteiger partial charge >= 0.3 is 0 Å². The normalized spacial score (nSPS) is 11.1. The van der Waals surface area contributed by atoms with Crippen LogP contribution in [0, 0.1) is 0 Å². The monoisotopic (exact) mass is 336 g/mol. The Balaban J connectivity index is 1.83. The number of fused-ring (bicyclic) bond motifs is 1. The van der Waals surface area contributed by atoms with E-state index in [0.717, 1.165) is 22.3 Å². The molecule has 1 N–H and O–H groups in total. The van der Waals surface area contributed by atoms with E-state index in [4.69, 9.17) is 4.98 Å². The minimum atomic E-state index is 0.879. The zero-order valence-corrected chi connectivity index (χ0v) is 14.7. The van der Waals surface area contributed by atoms with E-state index in [-0.39, 0.29) is 0 Å². The molecule has 0 fully saturated rings. The Morgan fingerprint density at radius 3 is 2.15 bits per heavy atom. The molecule has 0 radical (unpaired) electrons. The number of pyridine rings is 1. The van der Waals surface area contributed by atoms with Gasteiger partial charge in [0.2, 0.25) is 0 Å². The van der Waals surface area contributed by atoms with Crippen molar-refractivity contribution in [3.05, 3.63) is 96.1 Å². The maximum absolute atomic E-state index is 4.70. The summed E-state index contributed by atoms with van der Waals surface area (Å²) in [6.07, 6.45) is 4.29. The molecule has 0 aliphatic rings. The molecule has 4 aromatic rings. The molecule has 0 aliphatic carbocycles. The van der Waals surface area contributed by atoms with Crippen LogP contribution < -0.4 is 5.32 Å². The SMILES string of the molecule is CNc1cc(-c2ccccc2)c2cc(/C=C/c3ccccc3)ccc2n1. The average molecular weight is 336 g/mol. The van der Waals surface area contributed by atoms with Crippen LogP contribution in [0.25, 0.3) is 34.2 Å². The number of anilines is 1. The lowest BCUT2D eigenvalue weighted by Gasteiger charge is -2.10. The average Bonchev–Trinajstić information content (AvgIpc) is 2.72. The van der Waals surface area contributed by atoms with Gasteiger partial charge in [0.05, 0.1) is 5.52 Å². The number of nitrogens with zero attached hydrogens (tertiary/aromatic N) is 1. The summed E-state index contributed by atoms with van der Waals surface area (Å²) >= 11 is 0. The Labute approximate surface area is 153 Å². The largest absolute Gasteiger partial charge is 0.373 e. The molecule has 2 heteroatoms. The number of nitrogens with one attached hydrogen (secondary N) is 1. The fourth-order valence-corrected chi connectivity index (χ4v) is 3.09. The molecule has 0 saturated heterocycles. The minimum absolute atomic E-state index is 0.879. The van der Waals surface area contributed by atoms with Gasteiger partial charge in [-0.1, -0.05) is 78.9 Å². The second-order valence-electron chi connectivity index (χ2n) is 6.19. The van der Waals surface area contributed by atoms with E-state index in [1.807, 2.05) is 19.2 Å². The number of benzene rings is 3. The molecule has 0 atom stereocenters. The molecular weight excluding hydrogens is 316 g/mol. The molecular formula is C24H20N2. The van der Waals surface area contributed by atoms with E-state index in [1.165, 1.54) is 16.7 Å². The summed E-state index contributed by atoms with van der Waals surface area (Å²) in [5.74, 6) is 0.879. The molecule has 0 unspecified atom stereocenters. The second-order valence-corrected chi connectivity index (χ2v) is 6.19. The van der Waals surface area contributed by atoms with Gasteiger partial charge in [-0.15, -0.1) is 0 Å². The molecule has 126 valence electrons. The first-order chi connectivity index (χ1) is 12.8. The molecule has 0 aliphatic heterocycles. The van der Waals surface area contributed by atoms with Crippen molar-refractivity contribution in [2.24, 2.45) is 0 Å². The van der Waals surface area contributed by atoms with Crippen molar-refractivity contribution >= 4 is 28.9 Å². The second kappa shape index (κ2) is 7.24. The van der Waals surface area contributed by atoms with Crippen molar-refractivity contribution in [3.8, 4) is 11.1 Å². The summed E-state index contributed by atoms with van der Waals surface area (Å²) < 4.78 is 0. The lowest BCUT2D eigenvalue weighted by molar-refractivity contribution is 1.34. The van der Waals surface area contributed by atoms with Gasteiger partial charge in [0.15, 0.2) is 0 Å². The van der Waals surface area contributed by atoms with Crippen LogP contribution in [0.15, 0.2) is 84.9 Å². The van der Waals surface area contributed by atoms with E-state index in [0.29, 0.717) is 0 Å². The van der Waals surface area contributed by atoms with E-state index >= 15 is 0 Å². The number of hydrogen-bond acceptors (Lipinski definition) is 2. The first-order valence-corrected chi connectivity index (χ1v) is 8.74. The van der Waals surface area contributed by atoms with Crippen LogP contribution in [0.3, 0.4) is 0 Å². The van der Waals surface area contributed by atoms with Crippen molar-refractivity contribution in [1.29, 1.82) is 0 Å². The summed E-state index contributed by atoms with van der Waals surface area (Å²) in [6, 6.07) is 29.3. The van der Waals surface area contributed by atoms with Gasteiger partial charge in [-0.05, 0) is 40.5 Å². The van der Waals surface area contributed by atoms with Crippen molar-refractivity contribution < 1.29 is 0 Å². The standard InChI is InChI=1S/C24H20N2/c1-25-24-17-21(20-10-6-3-7-11-20)22-16-19(14-15-23(22)26-24)13-12-18-8-4-2-5-9-18/h2-17H,1H3,(H,25,26)/b13-12+. The highest BCUT2D eigenvalue weighted by Gasteiger charge is 2.08. The molecule has 0 amide bonds. The first-order valence-electron chi connectivity index (χ1n) is 8.74. The topological polar surface area (TPSA) is 24.9 Å². The molecule has 4 rings (SSSR count). The highest BCUT2D eigenvalue weighted by molar-refractivity contribution is 5.97. The Morgan fingerprint density at radius 2 is 1.42 bits per heavy atom. The van der Waals surface area contributed by atoms with E-state index in [2.05, 4.69) is 90.3 Å². The van der Waals surface area contributed by atoms with Crippen molar-refractivity contribution in [1.82, 2.24) is 4.98 Å². The third-order valence-electron chi connectivity index (χ3n) is 4.44. The Kier molecular flexibility index (Phi) is 4.48. The molecule has 0 bridgehead atoms. The third kappa shape index (κ3) is 3.35. The van der Waals surface area contributed by atoms with Crippen molar-refractivity contribution in [2.45, 2.75) is 0 Å². The smallest absolute Gasteiger partial charge is 0.127 e. The summed E-state index contributed by atoms with van der Waals surface area (Å²) in [4.78, 5) is 4.70. The summed E-state index contributed by atoms with van der Waals surface area (Å²) in [5.41, 5.74) is 5.74. The van der Waals surface area contributed by atoms with Crippen LogP contribution in [-0.4, -0.2) is 12.0 Å². The molecule has 1 aromatic heterocycles. The lowest BCUT2D eigenvalue weighted by Crippen LogP contribution is -1.94. The Hall–Kier alpha value is -3.39. The summed E-state index contributed by atoms with van der Waals surface area (Å²) in [7, 11) is 1.90. The van der Waals surface area contributed by atoms with Crippen LogP contribution in [0.2, 0.25) is 0 Å². The minimum Gasteiger partial charge on any atom is -0.373 e. The van der Waals surface area contributed by atoms with Gasteiger partial charge < -0.3 is 5.32 Å². The first kappa shape index (κ1) is 16.1. The molecule has 0 saturated carbocycles.